The van der Waals surface area contributed by atoms with Gasteiger partial charge in [-0.2, -0.15) is 9.97 Å². The molecule has 6 heterocycles. The van der Waals surface area contributed by atoms with Crippen molar-refractivity contribution < 1.29 is 62.7 Å². The maximum Gasteiger partial charge on any atom is 1.00 e. The monoisotopic (exact) mass is 1070 g/mol. The zero-order valence-electron chi connectivity index (χ0n) is 45.2. The zero-order valence-corrected chi connectivity index (χ0v) is 45.2. The third kappa shape index (κ3) is 16.8. The molecule has 0 amide bonds. The number of nitrogens with zero attached hydrogens (tertiary/aromatic N) is 8. The number of fused-ring (bicyclic) bond motifs is 2. The van der Waals surface area contributed by atoms with E-state index in [4.69, 9.17) is 44.0 Å². The van der Waals surface area contributed by atoms with E-state index in [1.807, 2.05) is 131 Å². The maximum absolute atomic E-state index is 11.2. The quantitative estimate of drug-likeness (QED) is 0.0290. The number of carboxylic acids is 1. The van der Waals surface area contributed by atoms with Crippen LogP contribution in [0.1, 0.15) is 115 Å². The Morgan fingerprint density at radius 1 is 0.570 bits per heavy atom. The van der Waals surface area contributed by atoms with Crippen LogP contribution in [0.5, 0.6) is 11.5 Å². The molecule has 20 heteroatoms. The van der Waals surface area contributed by atoms with Gasteiger partial charge in [-0.25, -0.2) is 19.9 Å². The summed E-state index contributed by atoms with van der Waals surface area (Å²) < 4.78 is 32.5. The van der Waals surface area contributed by atoms with Gasteiger partial charge in [0.05, 0.1) is 33.0 Å². The van der Waals surface area contributed by atoms with Crippen LogP contribution in [0, 0.1) is 0 Å². The SMILES string of the molecule is COC(=O)CCCCCCOc1ccc(Nc2nc(-c3ccccc3)c3ncn(C4CCCCO4)c3n2)cc1.O=C(O)CCCCCCOc1ccc(Nc2nc(-c3ccccc3)c3ncn(C4CCCCO4)c3n2)cc1.[Li+].[OH-]. The van der Waals surface area contributed by atoms with E-state index in [-0.39, 0.29) is 49.2 Å². The minimum atomic E-state index is -0.736. The van der Waals surface area contributed by atoms with Crippen molar-refractivity contribution in [2.45, 2.75) is 115 Å². The third-order valence-corrected chi connectivity index (χ3v) is 13.4. The number of aliphatic carboxylic acids is 1. The van der Waals surface area contributed by atoms with Crippen LogP contribution in [0.3, 0.4) is 0 Å². The van der Waals surface area contributed by atoms with E-state index in [9.17, 15) is 9.59 Å². The summed E-state index contributed by atoms with van der Waals surface area (Å²) in [6.07, 6.45) is 17.7. The summed E-state index contributed by atoms with van der Waals surface area (Å²) in [7, 11) is 1.42. The molecule has 0 spiro atoms. The summed E-state index contributed by atoms with van der Waals surface area (Å²) >= 11 is 0. The Kier molecular flexibility index (Phi) is 23.0. The van der Waals surface area contributed by atoms with Gasteiger partial charge in [-0.15, -0.1) is 0 Å². The number of unbranched alkanes of at least 4 members (excludes halogenated alkanes) is 6. The Labute approximate surface area is 472 Å². The van der Waals surface area contributed by atoms with Gasteiger partial charge in [-0.05, 0) is 113 Å². The number of methoxy groups -OCH3 is 1. The average molecular weight is 1070 g/mol. The molecule has 2 atom stereocenters. The van der Waals surface area contributed by atoms with Crippen molar-refractivity contribution in [3.63, 3.8) is 0 Å². The Morgan fingerprint density at radius 3 is 1.41 bits per heavy atom. The number of carbonyl (C=O) groups excluding carboxylic acids is 1. The predicted molar refractivity (Wildman–Crippen MR) is 297 cm³/mol. The number of aromatic nitrogens is 8. The summed E-state index contributed by atoms with van der Waals surface area (Å²) in [6, 6.07) is 35.6. The number of nitrogens with one attached hydrogen (secondary N) is 2. The molecule has 2 unspecified atom stereocenters. The first-order valence-electron chi connectivity index (χ1n) is 27.0. The molecule has 4 aromatic heterocycles. The summed E-state index contributed by atoms with van der Waals surface area (Å²) in [5.74, 6) is 1.70. The van der Waals surface area contributed by atoms with Gasteiger partial charge in [0, 0.05) is 48.6 Å². The largest absolute Gasteiger partial charge is 1.00 e. The number of anilines is 4. The van der Waals surface area contributed by atoms with Crippen LogP contribution in [0.25, 0.3) is 44.8 Å². The summed E-state index contributed by atoms with van der Waals surface area (Å²) in [5.41, 5.74) is 8.24. The average Bonchev–Trinajstić information content (AvgIpc) is 4.17. The third-order valence-electron chi connectivity index (χ3n) is 13.4. The standard InChI is InChI=1S/C30H35N5O4.C29H33N5O4.Li.H2O/c1-37-26(36)14-7-2-3-9-19-38-24-17-15-23(16-18-24)32-30-33-27(22-11-5-4-6-12-22)28-29(34-30)35(21-31-28)25-13-8-10-20-39-25;35-25(36)13-6-1-2-8-18-37-23-16-14-22(15-17-23)31-29-32-26(21-10-4-3-5-11-21)27-28(33-29)34(20-30-27)24-12-7-9-19-38-24;;/h4-6,11-12,15-18,21,25H,2-3,7-10,13-14,19-20H2,1H3,(H,32,33,34);3-5,10-11,14-17,20,24H,1-2,6-9,12-13,18-19H2,(H,35,36)(H,31,32,33);;1H2/q;;+1;/p-1. The molecule has 10 rings (SSSR count). The molecular formula is C59H69LiN10O9. The van der Waals surface area contributed by atoms with Gasteiger partial charge in [0.15, 0.2) is 11.3 Å². The fourth-order valence-corrected chi connectivity index (χ4v) is 9.31. The zero-order chi connectivity index (χ0) is 53.0. The summed E-state index contributed by atoms with van der Waals surface area (Å²) in [4.78, 5) is 50.5. The van der Waals surface area contributed by atoms with E-state index in [1.54, 1.807) is 0 Å². The van der Waals surface area contributed by atoms with Gasteiger partial charge < -0.3 is 44.9 Å². The van der Waals surface area contributed by atoms with Crippen molar-refractivity contribution in [3.05, 3.63) is 122 Å². The number of carboxylic acid groups (broad SMARTS) is 1. The molecule has 410 valence electrons. The number of carbonyl (C=O) groups is 2. The number of rotatable bonds is 24. The van der Waals surface area contributed by atoms with Crippen LogP contribution in [-0.2, 0) is 23.8 Å². The number of hydrogen-bond donors (Lipinski definition) is 3. The van der Waals surface area contributed by atoms with E-state index in [0.717, 1.165) is 164 Å². The van der Waals surface area contributed by atoms with Gasteiger partial charge in [-0.1, -0.05) is 86.3 Å². The van der Waals surface area contributed by atoms with Gasteiger partial charge in [0.25, 0.3) is 0 Å². The molecule has 0 radical (unpaired) electrons. The van der Waals surface area contributed by atoms with Crippen LogP contribution < -0.4 is 39.0 Å². The number of esters is 1. The van der Waals surface area contributed by atoms with Gasteiger partial charge >= 0.3 is 30.8 Å². The summed E-state index contributed by atoms with van der Waals surface area (Å²) in [6.45, 7) is 2.73. The first-order valence-corrected chi connectivity index (χ1v) is 27.0. The molecule has 4 aromatic carbocycles. The first-order chi connectivity index (χ1) is 37.9. The molecule has 0 aliphatic carbocycles. The topological polar surface area (TPSA) is 242 Å². The Bertz CT molecular complexity index is 3120. The van der Waals surface area contributed by atoms with E-state index < -0.39 is 5.97 Å². The minimum Gasteiger partial charge on any atom is -0.870 e. The molecule has 79 heavy (non-hydrogen) atoms. The Morgan fingerprint density at radius 2 is 1.00 bits per heavy atom. The normalized spacial score (nSPS) is 14.9. The van der Waals surface area contributed by atoms with Gasteiger partial charge in [0.1, 0.15) is 46.4 Å². The molecular weight excluding hydrogens is 1000 g/mol. The molecule has 8 aromatic rings. The molecule has 2 fully saturated rings. The van der Waals surface area contributed by atoms with Crippen LogP contribution in [-0.4, -0.2) is 95.1 Å². The molecule has 2 aliphatic heterocycles. The predicted octanol–water partition coefficient (Wildman–Crippen LogP) is 9.62. The fourth-order valence-electron chi connectivity index (χ4n) is 9.31. The second kappa shape index (κ2) is 30.7. The van der Waals surface area contributed by atoms with Crippen LogP contribution in [0.4, 0.5) is 23.3 Å². The van der Waals surface area contributed by atoms with E-state index >= 15 is 0 Å². The Hall–Kier alpha value is -7.40. The minimum absolute atomic E-state index is 0. The van der Waals surface area contributed by atoms with Crippen molar-refractivity contribution in [2.24, 2.45) is 0 Å². The van der Waals surface area contributed by atoms with Crippen molar-refractivity contribution in [3.8, 4) is 34.0 Å². The van der Waals surface area contributed by atoms with E-state index in [0.29, 0.717) is 38.0 Å². The van der Waals surface area contributed by atoms with Gasteiger partial charge in [0.2, 0.25) is 11.9 Å². The molecule has 0 saturated carbocycles. The van der Waals surface area contributed by atoms with Crippen LogP contribution >= 0.6 is 0 Å². The second-order valence-electron chi connectivity index (χ2n) is 19.1. The molecule has 19 nitrogen and oxygen atoms in total. The van der Waals surface area contributed by atoms with E-state index in [1.165, 1.54) is 7.11 Å². The molecule has 2 saturated heterocycles. The van der Waals surface area contributed by atoms with Crippen molar-refractivity contribution in [1.82, 2.24) is 39.0 Å². The number of benzene rings is 4. The van der Waals surface area contributed by atoms with Crippen molar-refractivity contribution >= 4 is 57.5 Å². The maximum atomic E-state index is 11.2. The molecule has 0 bridgehead atoms. The van der Waals surface area contributed by atoms with Gasteiger partial charge in [-0.3, -0.25) is 18.7 Å². The number of imidazole rings is 2. The first kappa shape index (κ1) is 59.3. The molecule has 2 aliphatic rings. The number of ether oxygens (including phenoxy) is 5. The smallest absolute Gasteiger partial charge is 0.870 e. The van der Waals surface area contributed by atoms with Crippen LogP contribution in [0.15, 0.2) is 122 Å². The van der Waals surface area contributed by atoms with Crippen molar-refractivity contribution in [2.75, 3.05) is 44.2 Å². The second-order valence-corrected chi connectivity index (χ2v) is 19.1. The van der Waals surface area contributed by atoms with Crippen LogP contribution in [0.2, 0.25) is 0 Å². The van der Waals surface area contributed by atoms with E-state index in [2.05, 4.69) is 25.3 Å². The summed E-state index contributed by atoms with van der Waals surface area (Å²) in [5, 5.41) is 15.4. The molecule has 4 N–H and O–H groups in total. The van der Waals surface area contributed by atoms with Crippen molar-refractivity contribution in [1.29, 1.82) is 0 Å². The number of hydrogen-bond acceptors (Lipinski definition) is 16. The Balaban J connectivity index is 0.000000223. The fraction of sp³-hybridized carbons (Fsp3) is 0.390.